The summed E-state index contributed by atoms with van der Waals surface area (Å²) in [6, 6.07) is 19.0. The number of nitrogens with one attached hydrogen (secondary N) is 2. The lowest BCUT2D eigenvalue weighted by Gasteiger charge is -2.35. The van der Waals surface area contributed by atoms with Crippen LogP contribution in [-0.4, -0.2) is 5.54 Å². The first-order valence-corrected chi connectivity index (χ1v) is 8.18. The normalized spacial score (nSPS) is 22.8. The minimum atomic E-state index is -0.0340. The molecule has 1 aliphatic rings. The van der Waals surface area contributed by atoms with Crippen LogP contribution in [0.5, 0.6) is 0 Å². The second-order valence-electron chi connectivity index (χ2n) is 6.36. The number of hydrogen-bond donors (Lipinski definition) is 2. The summed E-state index contributed by atoms with van der Waals surface area (Å²) in [7, 11) is 0. The summed E-state index contributed by atoms with van der Waals surface area (Å²) in [5.41, 5.74) is 3.53. The van der Waals surface area contributed by atoms with E-state index in [0.29, 0.717) is 5.92 Å². The van der Waals surface area contributed by atoms with Crippen LogP contribution in [0.15, 0.2) is 78.9 Å². The maximum Gasteiger partial charge on any atom is 0.0591 e. The van der Waals surface area contributed by atoms with E-state index in [0.717, 1.165) is 17.9 Å². The van der Waals surface area contributed by atoms with Gasteiger partial charge in [0.2, 0.25) is 0 Å². The van der Waals surface area contributed by atoms with Crippen LogP contribution in [0.1, 0.15) is 19.4 Å². The SMILES string of the molecule is CC1C=CC=CC1(C)Nc1ccc(NCc2ccccc2)cc1. The Morgan fingerprint density at radius 1 is 0.913 bits per heavy atom. The van der Waals surface area contributed by atoms with Crippen molar-refractivity contribution in [2.45, 2.75) is 25.9 Å². The molecular formula is C21H24N2. The average Bonchev–Trinajstić information content (AvgIpc) is 2.58. The third kappa shape index (κ3) is 3.84. The summed E-state index contributed by atoms with van der Waals surface area (Å²) in [5, 5.41) is 7.10. The van der Waals surface area contributed by atoms with Crippen molar-refractivity contribution >= 4 is 11.4 Å². The second-order valence-corrected chi connectivity index (χ2v) is 6.36. The highest BCUT2D eigenvalue weighted by molar-refractivity contribution is 5.56. The maximum absolute atomic E-state index is 3.64. The predicted molar refractivity (Wildman–Crippen MR) is 99.7 cm³/mol. The van der Waals surface area contributed by atoms with Gasteiger partial charge >= 0.3 is 0 Å². The average molecular weight is 304 g/mol. The highest BCUT2D eigenvalue weighted by Gasteiger charge is 2.27. The molecule has 0 aliphatic heterocycles. The number of benzene rings is 2. The molecule has 2 nitrogen and oxygen atoms in total. The van der Waals surface area contributed by atoms with Crippen molar-refractivity contribution in [1.29, 1.82) is 0 Å². The zero-order valence-corrected chi connectivity index (χ0v) is 13.8. The van der Waals surface area contributed by atoms with E-state index in [1.807, 2.05) is 6.07 Å². The summed E-state index contributed by atoms with van der Waals surface area (Å²) in [6.07, 6.45) is 8.70. The van der Waals surface area contributed by atoms with Gasteiger partial charge in [0.15, 0.2) is 0 Å². The van der Waals surface area contributed by atoms with Gasteiger partial charge in [-0.3, -0.25) is 0 Å². The second kappa shape index (κ2) is 6.74. The van der Waals surface area contributed by atoms with Crippen molar-refractivity contribution in [3.8, 4) is 0 Å². The van der Waals surface area contributed by atoms with Crippen LogP contribution in [0.2, 0.25) is 0 Å². The molecule has 2 atom stereocenters. The van der Waals surface area contributed by atoms with Crippen molar-refractivity contribution in [3.63, 3.8) is 0 Å². The molecule has 0 amide bonds. The molecule has 118 valence electrons. The quantitative estimate of drug-likeness (QED) is 0.790. The standard InChI is InChI=1S/C21H24N2/c1-17-8-6-7-15-21(17,2)23-20-13-11-19(12-14-20)22-16-18-9-4-3-5-10-18/h3-15,17,22-23H,16H2,1-2H3. The van der Waals surface area contributed by atoms with E-state index in [-0.39, 0.29) is 5.54 Å². The fourth-order valence-electron chi connectivity index (χ4n) is 2.78. The lowest BCUT2D eigenvalue weighted by atomic mass is 9.83. The molecule has 2 aromatic carbocycles. The van der Waals surface area contributed by atoms with Gasteiger partial charge in [-0.05, 0) is 36.8 Å². The van der Waals surface area contributed by atoms with Crippen LogP contribution >= 0.6 is 0 Å². The predicted octanol–water partition coefficient (Wildman–Crippen LogP) is 5.23. The van der Waals surface area contributed by atoms with E-state index < -0.39 is 0 Å². The van der Waals surface area contributed by atoms with Gasteiger partial charge < -0.3 is 10.6 Å². The van der Waals surface area contributed by atoms with Gasteiger partial charge in [-0.1, -0.05) is 61.6 Å². The molecule has 2 unspecified atom stereocenters. The van der Waals surface area contributed by atoms with Crippen LogP contribution in [-0.2, 0) is 6.54 Å². The lowest BCUT2D eigenvalue weighted by Crippen LogP contribution is -2.39. The molecule has 0 bridgehead atoms. The first-order valence-electron chi connectivity index (χ1n) is 8.18. The largest absolute Gasteiger partial charge is 0.381 e. The fraction of sp³-hybridized carbons (Fsp3) is 0.238. The minimum Gasteiger partial charge on any atom is -0.381 e. The number of hydrogen-bond acceptors (Lipinski definition) is 2. The smallest absolute Gasteiger partial charge is 0.0591 e. The summed E-state index contributed by atoms with van der Waals surface area (Å²) in [6.45, 7) is 5.32. The van der Waals surface area contributed by atoms with Gasteiger partial charge in [-0.25, -0.2) is 0 Å². The number of rotatable bonds is 5. The van der Waals surface area contributed by atoms with Crippen LogP contribution in [0.25, 0.3) is 0 Å². The van der Waals surface area contributed by atoms with E-state index in [1.165, 1.54) is 5.56 Å². The molecule has 0 aromatic heterocycles. The Labute approximate surface area is 138 Å². The lowest BCUT2D eigenvalue weighted by molar-refractivity contribution is 0.493. The highest BCUT2D eigenvalue weighted by atomic mass is 15.0. The topological polar surface area (TPSA) is 24.1 Å². The molecular weight excluding hydrogens is 280 g/mol. The molecule has 2 heteroatoms. The number of allylic oxidation sites excluding steroid dienone is 2. The van der Waals surface area contributed by atoms with E-state index in [9.17, 15) is 0 Å². The van der Waals surface area contributed by atoms with Gasteiger partial charge in [0, 0.05) is 23.8 Å². The fourth-order valence-corrected chi connectivity index (χ4v) is 2.78. The molecule has 0 saturated carbocycles. The van der Waals surface area contributed by atoms with E-state index in [2.05, 4.69) is 97.3 Å². The van der Waals surface area contributed by atoms with Gasteiger partial charge in [-0.2, -0.15) is 0 Å². The van der Waals surface area contributed by atoms with Gasteiger partial charge in [0.25, 0.3) is 0 Å². The molecule has 2 aromatic rings. The van der Waals surface area contributed by atoms with Gasteiger partial charge in [-0.15, -0.1) is 0 Å². The number of anilines is 2. The Kier molecular flexibility index (Phi) is 4.52. The van der Waals surface area contributed by atoms with E-state index in [1.54, 1.807) is 0 Å². The molecule has 1 aliphatic carbocycles. The van der Waals surface area contributed by atoms with Crippen LogP contribution in [0.4, 0.5) is 11.4 Å². The highest BCUT2D eigenvalue weighted by Crippen LogP contribution is 2.28. The van der Waals surface area contributed by atoms with Crippen molar-refractivity contribution < 1.29 is 0 Å². The molecule has 3 rings (SSSR count). The third-order valence-corrected chi connectivity index (χ3v) is 4.54. The Morgan fingerprint density at radius 2 is 1.61 bits per heavy atom. The molecule has 23 heavy (non-hydrogen) atoms. The maximum atomic E-state index is 3.64. The Balaban J connectivity index is 1.61. The van der Waals surface area contributed by atoms with Crippen molar-refractivity contribution in [1.82, 2.24) is 0 Å². The first-order chi connectivity index (χ1) is 11.2. The third-order valence-electron chi connectivity index (χ3n) is 4.54. The van der Waals surface area contributed by atoms with E-state index >= 15 is 0 Å². The first kappa shape index (κ1) is 15.4. The van der Waals surface area contributed by atoms with Crippen molar-refractivity contribution in [2.24, 2.45) is 5.92 Å². The van der Waals surface area contributed by atoms with Crippen LogP contribution in [0, 0.1) is 5.92 Å². The molecule has 0 radical (unpaired) electrons. The summed E-state index contributed by atoms with van der Waals surface area (Å²) >= 11 is 0. The molecule has 0 saturated heterocycles. The van der Waals surface area contributed by atoms with Gasteiger partial charge in [0.05, 0.1) is 5.54 Å². The monoisotopic (exact) mass is 304 g/mol. The molecule has 0 fully saturated rings. The van der Waals surface area contributed by atoms with Crippen molar-refractivity contribution in [3.05, 3.63) is 84.5 Å². The molecule has 2 N–H and O–H groups in total. The Hall–Kier alpha value is -2.48. The minimum absolute atomic E-state index is 0.0340. The summed E-state index contributed by atoms with van der Waals surface area (Å²) < 4.78 is 0. The zero-order valence-electron chi connectivity index (χ0n) is 13.8. The van der Waals surface area contributed by atoms with Crippen LogP contribution < -0.4 is 10.6 Å². The zero-order chi connectivity index (χ0) is 16.1. The van der Waals surface area contributed by atoms with Crippen LogP contribution in [0.3, 0.4) is 0 Å². The molecule has 0 heterocycles. The molecule has 0 spiro atoms. The summed E-state index contributed by atoms with van der Waals surface area (Å²) in [4.78, 5) is 0. The van der Waals surface area contributed by atoms with Gasteiger partial charge in [0.1, 0.15) is 0 Å². The van der Waals surface area contributed by atoms with Crippen molar-refractivity contribution in [2.75, 3.05) is 10.6 Å². The Morgan fingerprint density at radius 3 is 2.30 bits per heavy atom. The summed E-state index contributed by atoms with van der Waals surface area (Å²) in [5.74, 6) is 0.461. The van der Waals surface area contributed by atoms with E-state index in [4.69, 9.17) is 0 Å². The Bertz CT molecular complexity index is 686.